The Labute approximate surface area is 94.5 Å². The van der Waals surface area contributed by atoms with Gasteiger partial charge in [0.15, 0.2) is 5.82 Å². The molecule has 0 fully saturated rings. The minimum absolute atomic E-state index is 0.274. The summed E-state index contributed by atoms with van der Waals surface area (Å²) < 4.78 is 13.8. The van der Waals surface area contributed by atoms with Crippen LogP contribution in [0.2, 0.25) is 0 Å². The van der Waals surface area contributed by atoms with Crippen molar-refractivity contribution in [3.63, 3.8) is 0 Å². The number of fused-ring (bicyclic) bond motifs is 1. The molecule has 0 unspecified atom stereocenters. The van der Waals surface area contributed by atoms with Gasteiger partial charge in [0.2, 0.25) is 0 Å². The minimum Gasteiger partial charge on any atom is -0.253 e. The van der Waals surface area contributed by atoms with Gasteiger partial charge in [0, 0.05) is 6.20 Å². The van der Waals surface area contributed by atoms with E-state index in [9.17, 15) is 4.39 Å². The second-order valence-electron chi connectivity index (χ2n) is 4.24. The van der Waals surface area contributed by atoms with Gasteiger partial charge in [0.1, 0.15) is 5.52 Å². The number of aromatic nitrogens is 2. The molecule has 2 aromatic rings. The van der Waals surface area contributed by atoms with E-state index in [1.54, 1.807) is 12.3 Å². The quantitative estimate of drug-likeness (QED) is 0.771. The van der Waals surface area contributed by atoms with E-state index in [2.05, 4.69) is 9.97 Å². The molecule has 1 aromatic heterocycles. The number of rotatable bonds is 2. The first kappa shape index (κ1) is 11.0. The standard InChI is InChI=1S/C13H15FN2/c1-4-10-7-15-12-6-9(8(2)3)5-11(14)13(12)16-10/h5-8H,4H2,1-3H3. The van der Waals surface area contributed by atoms with Crippen LogP contribution in [-0.4, -0.2) is 9.97 Å². The van der Waals surface area contributed by atoms with Crippen molar-refractivity contribution in [1.82, 2.24) is 9.97 Å². The number of hydrogen-bond acceptors (Lipinski definition) is 2. The SMILES string of the molecule is CCc1cnc2cc(C(C)C)cc(F)c2n1. The first-order chi connectivity index (χ1) is 7.61. The highest BCUT2D eigenvalue weighted by atomic mass is 19.1. The maximum Gasteiger partial charge on any atom is 0.151 e. The van der Waals surface area contributed by atoms with Crippen LogP contribution in [0, 0.1) is 5.82 Å². The fourth-order valence-electron chi connectivity index (χ4n) is 1.63. The van der Waals surface area contributed by atoms with Crippen molar-refractivity contribution in [1.29, 1.82) is 0 Å². The van der Waals surface area contributed by atoms with Crippen LogP contribution >= 0.6 is 0 Å². The summed E-state index contributed by atoms with van der Waals surface area (Å²) >= 11 is 0. The molecule has 2 nitrogen and oxygen atoms in total. The van der Waals surface area contributed by atoms with Crippen molar-refractivity contribution in [3.8, 4) is 0 Å². The van der Waals surface area contributed by atoms with Crippen LogP contribution in [-0.2, 0) is 6.42 Å². The van der Waals surface area contributed by atoms with Crippen LogP contribution < -0.4 is 0 Å². The van der Waals surface area contributed by atoms with Gasteiger partial charge in [-0.3, -0.25) is 4.98 Å². The fourth-order valence-corrected chi connectivity index (χ4v) is 1.63. The van der Waals surface area contributed by atoms with Crippen molar-refractivity contribution in [3.05, 3.63) is 35.4 Å². The lowest BCUT2D eigenvalue weighted by molar-refractivity contribution is 0.631. The van der Waals surface area contributed by atoms with Crippen molar-refractivity contribution < 1.29 is 4.39 Å². The molecule has 1 aromatic carbocycles. The second-order valence-corrected chi connectivity index (χ2v) is 4.24. The highest BCUT2D eigenvalue weighted by Gasteiger charge is 2.09. The van der Waals surface area contributed by atoms with Gasteiger partial charge in [0.05, 0.1) is 11.2 Å². The second kappa shape index (κ2) is 4.16. The molecule has 16 heavy (non-hydrogen) atoms. The third kappa shape index (κ3) is 1.90. The molecule has 2 rings (SSSR count). The molecule has 0 N–H and O–H groups in total. The summed E-state index contributed by atoms with van der Waals surface area (Å²) in [6.45, 7) is 6.05. The lowest BCUT2D eigenvalue weighted by atomic mass is 10.0. The third-order valence-electron chi connectivity index (χ3n) is 2.70. The maximum atomic E-state index is 13.8. The average Bonchev–Trinajstić information content (AvgIpc) is 2.28. The Hall–Kier alpha value is -1.51. The van der Waals surface area contributed by atoms with E-state index in [4.69, 9.17) is 0 Å². The van der Waals surface area contributed by atoms with Gasteiger partial charge in [-0.2, -0.15) is 0 Å². The smallest absolute Gasteiger partial charge is 0.151 e. The summed E-state index contributed by atoms with van der Waals surface area (Å²) in [6.07, 6.45) is 2.49. The first-order valence-corrected chi connectivity index (χ1v) is 5.57. The normalized spacial score (nSPS) is 11.3. The lowest BCUT2D eigenvalue weighted by Crippen LogP contribution is -1.96. The molecule has 0 atom stereocenters. The number of halogens is 1. The van der Waals surface area contributed by atoms with Crippen LogP contribution in [0.5, 0.6) is 0 Å². The largest absolute Gasteiger partial charge is 0.253 e. The van der Waals surface area contributed by atoms with E-state index in [1.807, 2.05) is 26.8 Å². The number of aryl methyl sites for hydroxylation is 1. The summed E-state index contributed by atoms with van der Waals surface area (Å²) in [5.74, 6) is 0.0237. The van der Waals surface area contributed by atoms with Gasteiger partial charge in [-0.05, 0) is 30.0 Å². The molecule has 0 aliphatic rings. The molecule has 0 radical (unpaired) electrons. The van der Waals surface area contributed by atoms with Crippen LogP contribution in [0.1, 0.15) is 37.9 Å². The molecular weight excluding hydrogens is 203 g/mol. The maximum absolute atomic E-state index is 13.8. The molecule has 0 aliphatic heterocycles. The van der Waals surface area contributed by atoms with Crippen molar-refractivity contribution in [2.45, 2.75) is 33.1 Å². The van der Waals surface area contributed by atoms with E-state index in [1.165, 1.54) is 0 Å². The van der Waals surface area contributed by atoms with Crippen LogP contribution in [0.4, 0.5) is 4.39 Å². The Kier molecular flexibility index (Phi) is 2.86. The summed E-state index contributed by atoms with van der Waals surface area (Å²) in [5.41, 5.74) is 2.80. The summed E-state index contributed by atoms with van der Waals surface area (Å²) in [5, 5.41) is 0. The van der Waals surface area contributed by atoms with Gasteiger partial charge in [-0.15, -0.1) is 0 Å². The van der Waals surface area contributed by atoms with Gasteiger partial charge >= 0.3 is 0 Å². The number of benzene rings is 1. The van der Waals surface area contributed by atoms with Crippen LogP contribution in [0.3, 0.4) is 0 Å². The molecule has 0 saturated heterocycles. The summed E-state index contributed by atoms with van der Waals surface area (Å²) in [4.78, 5) is 8.51. The Morgan fingerprint density at radius 3 is 2.69 bits per heavy atom. The molecule has 0 aliphatic carbocycles. The van der Waals surface area contributed by atoms with E-state index in [0.29, 0.717) is 17.0 Å². The van der Waals surface area contributed by atoms with Crippen molar-refractivity contribution >= 4 is 11.0 Å². The third-order valence-corrected chi connectivity index (χ3v) is 2.70. The molecule has 0 amide bonds. The Morgan fingerprint density at radius 2 is 2.06 bits per heavy atom. The Balaban J connectivity index is 2.66. The zero-order valence-corrected chi connectivity index (χ0v) is 9.79. The highest BCUT2D eigenvalue weighted by Crippen LogP contribution is 2.22. The number of nitrogens with zero attached hydrogens (tertiary/aromatic N) is 2. The molecular formula is C13H15FN2. The first-order valence-electron chi connectivity index (χ1n) is 5.57. The molecule has 0 bridgehead atoms. The van der Waals surface area contributed by atoms with Gasteiger partial charge in [-0.1, -0.05) is 20.8 Å². The molecule has 1 heterocycles. The van der Waals surface area contributed by atoms with E-state index >= 15 is 0 Å². The molecule has 0 spiro atoms. The minimum atomic E-state index is -0.274. The molecule has 3 heteroatoms. The predicted molar refractivity (Wildman–Crippen MR) is 63.0 cm³/mol. The zero-order valence-electron chi connectivity index (χ0n) is 9.79. The van der Waals surface area contributed by atoms with Gasteiger partial charge in [0.25, 0.3) is 0 Å². The van der Waals surface area contributed by atoms with Crippen LogP contribution in [0.15, 0.2) is 18.3 Å². The predicted octanol–water partition coefficient (Wildman–Crippen LogP) is 3.45. The van der Waals surface area contributed by atoms with E-state index in [-0.39, 0.29) is 5.82 Å². The lowest BCUT2D eigenvalue weighted by Gasteiger charge is -2.07. The number of hydrogen-bond donors (Lipinski definition) is 0. The summed E-state index contributed by atoms with van der Waals surface area (Å²) in [6, 6.07) is 3.47. The van der Waals surface area contributed by atoms with Gasteiger partial charge in [-0.25, -0.2) is 9.37 Å². The highest BCUT2D eigenvalue weighted by molar-refractivity contribution is 5.75. The molecule has 0 saturated carbocycles. The van der Waals surface area contributed by atoms with Gasteiger partial charge < -0.3 is 0 Å². The van der Waals surface area contributed by atoms with E-state index < -0.39 is 0 Å². The molecule has 84 valence electrons. The zero-order chi connectivity index (χ0) is 11.7. The average molecular weight is 218 g/mol. The summed E-state index contributed by atoms with van der Waals surface area (Å²) in [7, 11) is 0. The van der Waals surface area contributed by atoms with Crippen molar-refractivity contribution in [2.75, 3.05) is 0 Å². The van der Waals surface area contributed by atoms with Crippen molar-refractivity contribution in [2.24, 2.45) is 0 Å². The van der Waals surface area contributed by atoms with Crippen LogP contribution in [0.25, 0.3) is 11.0 Å². The monoisotopic (exact) mass is 218 g/mol. The van der Waals surface area contributed by atoms with E-state index in [0.717, 1.165) is 17.7 Å². The Morgan fingerprint density at radius 1 is 1.31 bits per heavy atom. The fraction of sp³-hybridized carbons (Fsp3) is 0.385. The Bertz CT molecular complexity index is 521. The topological polar surface area (TPSA) is 25.8 Å².